The number of non-ortho nitro benzene ring substituents is 1. The smallest absolute Gasteiger partial charge is 0.273 e. The molecule has 25 heavy (non-hydrogen) atoms. The summed E-state index contributed by atoms with van der Waals surface area (Å²) in [5, 5.41) is 12.6. The zero-order valence-corrected chi connectivity index (χ0v) is 14.1. The second kappa shape index (κ2) is 7.93. The molecule has 0 heterocycles. The molecule has 0 aliphatic rings. The van der Waals surface area contributed by atoms with E-state index >= 15 is 0 Å². The van der Waals surface area contributed by atoms with E-state index in [1.807, 2.05) is 0 Å². The molecule has 6 nitrogen and oxygen atoms in total. The Bertz CT molecular complexity index is 817. The van der Waals surface area contributed by atoms with Gasteiger partial charge in [-0.2, -0.15) is 0 Å². The number of nitro benzene ring substituents is 1. The van der Waals surface area contributed by atoms with Gasteiger partial charge in [0.15, 0.2) is 0 Å². The number of benzene rings is 2. The van der Waals surface area contributed by atoms with Gasteiger partial charge in [-0.3, -0.25) is 14.9 Å². The maximum absolute atomic E-state index is 13.7. The van der Waals surface area contributed by atoms with E-state index in [4.69, 9.17) is 4.74 Å². The van der Waals surface area contributed by atoms with Crippen molar-refractivity contribution in [2.24, 2.45) is 0 Å². The molecular formula is C16H14F2N2O4S. The largest absolute Gasteiger partial charge is 0.494 e. The fourth-order valence-electron chi connectivity index (χ4n) is 1.94. The highest BCUT2D eigenvalue weighted by molar-refractivity contribution is 8.00. The Morgan fingerprint density at radius 2 is 2.00 bits per heavy atom. The third-order valence-corrected chi connectivity index (χ3v) is 4.35. The van der Waals surface area contributed by atoms with Gasteiger partial charge in [0.2, 0.25) is 5.91 Å². The summed E-state index contributed by atoms with van der Waals surface area (Å²) in [6, 6.07) is 6.74. The minimum atomic E-state index is -0.740. The van der Waals surface area contributed by atoms with Crippen molar-refractivity contribution in [3.8, 4) is 5.75 Å². The van der Waals surface area contributed by atoms with E-state index in [9.17, 15) is 23.7 Å². The summed E-state index contributed by atoms with van der Waals surface area (Å²) in [6.07, 6.45) is 0. The molecule has 0 bridgehead atoms. The number of nitro groups is 1. The number of thioether (sulfide) groups is 1. The van der Waals surface area contributed by atoms with Gasteiger partial charge in [-0.15, -0.1) is 11.8 Å². The maximum Gasteiger partial charge on any atom is 0.273 e. The normalized spacial score (nSPS) is 11.7. The molecule has 0 aromatic heterocycles. The lowest BCUT2D eigenvalue weighted by Gasteiger charge is -2.14. The predicted molar refractivity (Wildman–Crippen MR) is 90.0 cm³/mol. The Morgan fingerprint density at radius 1 is 1.28 bits per heavy atom. The first kappa shape index (κ1) is 18.7. The summed E-state index contributed by atoms with van der Waals surface area (Å²) >= 11 is 0.857. The van der Waals surface area contributed by atoms with Crippen LogP contribution >= 0.6 is 11.8 Å². The minimum Gasteiger partial charge on any atom is -0.494 e. The Hall–Kier alpha value is -2.68. The van der Waals surface area contributed by atoms with Gasteiger partial charge in [-0.25, -0.2) is 8.78 Å². The van der Waals surface area contributed by atoms with Crippen LogP contribution in [0.25, 0.3) is 0 Å². The number of nitrogens with zero attached hydrogens (tertiary/aromatic N) is 1. The summed E-state index contributed by atoms with van der Waals surface area (Å²) < 4.78 is 31.9. The van der Waals surface area contributed by atoms with Gasteiger partial charge in [0, 0.05) is 11.0 Å². The van der Waals surface area contributed by atoms with Gasteiger partial charge >= 0.3 is 0 Å². The van der Waals surface area contributed by atoms with Crippen molar-refractivity contribution in [1.82, 2.24) is 0 Å². The highest BCUT2D eigenvalue weighted by atomic mass is 32.2. The van der Waals surface area contributed by atoms with E-state index in [1.165, 1.54) is 32.2 Å². The quantitative estimate of drug-likeness (QED) is 0.473. The molecule has 1 amide bonds. The van der Waals surface area contributed by atoms with Crippen molar-refractivity contribution in [1.29, 1.82) is 0 Å². The average Bonchev–Trinajstić information content (AvgIpc) is 2.58. The molecule has 0 fully saturated rings. The van der Waals surface area contributed by atoms with Crippen LogP contribution in [0.15, 0.2) is 41.3 Å². The van der Waals surface area contributed by atoms with Gasteiger partial charge in [-0.05, 0) is 31.2 Å². The number of methoxy groups -OCH3 is 1. The molecule has 0 saturated carbocycles. The van der Waals surface area contributed by atoms with Crippen molar-refractivity contribution in [3.05, 3.63) is 58.1 Å². The molecule has 2 rings (SSSR count). The van der Waals surface area contributed by atoms with Gasteiger partial charge in [0.25, 0.3) is 5.69 Å². The second-order valence-corrected chi connectivity index (χ2v) is 6.35. The first-order chi connectivity index (χ1) is 11.8. The third-order valence-electron chi connectivity index (χ3n) is 3.22. The monoisotopic (exact) mass is 368 g/mol. The molecular weight excluding hydrogens is 354 g/mol. The van der Waals surface area contributed by atoms with Gasteiger partial charge in [0.05, 0.1) is 29.0 Å². The number of carbonyl (C=O) groups excluding carboxylic acids is 1. The number of anilines is 1. The van der Waals surface area contributed by atoms with Crippen molar-refractivity contribution in [2.45, 2.75) is 17.1 Å². The van der Waals surface area contributed by atoms with E-state index in [0.717, 1.165) is 30.0 Å². The number of rotatable bonds is 6. The van der Waals surface area contributed by atoms with Crippen LogP contribution in [0.1, 0.15) is 6.92 Å². The Balaban J connectivity index is 2.13. The molecule has 1 N–H and O–H groups in total. The summed E-state index contributed by atoms with van der Waals surface area (Å²) in [5.41, 5.74) is 0.0596. The lowest BCUT2D eigenvalue weighted by Crippen LogP contribution is -2.22. The molecule has 2 aromatic rings. The van der Waals surface area contributed by atoms with Crippen molar-refractivity contribution in [3.63, 3.8) is 0 Å². The van der Waals surface area contributed by atoms with Crippen LogP contribution in [-0.2, 0) is 4.79 Å². The van der Waals surface area contributed by atoms with Crippen molar-refractivity contribution in [2.75, 3.05) is 12.4 Å². The molecule has 0 saturated heterocycles. The maximum atomic E-state index is 13.7. The molecule has 0 aliphatic heterocycles. The first-order valence-corrected chi connectivity index (χ1v) is 7.94. The number of nitrogens with one attached hydrogen (secondary N) is 1. The Morgan fingerprint density at radius 3 is 2.64 bits per heavy atom. The molecule has 0 aliphatic carbocycles. The van der Waals surface area contributed by atoms with Gasteiger partial charge < -0.3 is 10.1 Å². The fourth-order valence-corrected chi connectivity index (χ4v) is 2.85. The van der Waals surface area contributed by atoms with Crippen LogP contribution in [0.2, 0.25) is 0 Å². The zero-order valence-electron chi connectivity index (χ0n) is 13.3. The number of hydrogen-bond donors (Lipinski definition) is 1. The van der Waals surface area contributed by atoms with Crippen LogP contribution in [0, 0.1) is 21.7 Å². The summed E-state index contributed by atoms with van der Waals surface area (Å²) in [7, 11) is 1.31. The summed E-state index contributed by atoms with van der Waals surface area (Å²) in [6.45, 7) is 1.53. The number of carbonyl (C=O) groups is 1. The van der Waals surface area contributed by atoms with Crippen LogP contribution < -0.4 is 10.1 Å². The predicted octanol–water partition coefficient (Wildman–Crippen LogP) is 4.00. The lowest BCUT2D eigenvalue weighted by molar-refractivity contribution is -0.384. The van der Waals surface area contributed by atoms with Crippen molar-refractivity contribution >= 4 is 29.0 Å². The fraction of sp³-hybridized carbons (Fsp3) is 0.188. The zero-order chi connectivity index (χ0) is 18.6. The van der Waals surface area contributed by atoms with E-state index in [1.54, 1.807) is 0 Å². The molecule has 132 valence electrons. The van der Waals surface area contributed by atoms with E-state index in [0.29, 0.717) is 0 Å². The number of halogens is 2. The average molecular weight is 368 g/mol. The molecule has 0 spiro atoms. The standard InChI is InChI=1S/C16H14F2N2O4S/c1-9(25-15-7-10(17)3-5-12(15)18)16(21)19-13-6-4-11(20(22)23)8-14(13)24-2/h3-9H,1-2H3,(H,19,21)/t9-/m0/s1. The van der Waals surface area contributed by atoms with Crippen LogP contribution in [0.3, 0.4) is 0 Å². The van der Waals surface area contributed by atoms with E-state index < -0.39 is 27.7 Å². The van der Waals surface area contributed by atoms with Crippen LogP contribution in [0.5, 0.6) is 5.75 Å². The molecule has 2 aromatic carbocycles. The number of amides is 1. The summed E-state index contributed by atoms with van der Waals surface area (Å²) in [4.78, 5) is 22.5. The Kier molecular flexibility index (Phi) is 5.92. The Labute approximate surface area is 146 Å². The van der Waals surface area contributed by atoms with Crippen molar-refractivity contribution < 1.29 is 23.2 Å². The number of ether oxygens (including phenoxy) is 1. The van der Waals surface area contributed by atoms with Gasteiger partial charge in [-0.1, -0.05) is 0 Å². The van der Waals surface area contributed by atoms with Crippen LogP contribution in [-0.4, -0.2) is 23.2 Å². The highest BCUT2D eigenvalue weighted by Crippen LogP contribution is 2.31. The van der Waals surface area contributed by atoms with E-state index in [-0.39, 0.29) is 22.0 Å². The van der Waals surface area contributed by atoms with E-state index in [2.05, 4.69) is 5.32 Å². The highest BCUT2D eigenvalue weighted by Gasteiger charge is 2.19. The number of hydrogen-bond acceptors (Lipinski definition) is 5. The van der Waals surface area contributed by atoms with Crippen LogP contribution in [0.4, 0.5) is 20.2 Å². The topological polar surface area (TPSA) is 81.5 Å². The minimum absolute atomic E-state index is 0.0123. The molecule has 0 unspecified atom stereocenters. The molecule has 0 radical (unpaired) electrons. The van der Waals surface area contributed by atoms with Gasteiger partial charge in [0.1, 0.15) is 17.4 Å². The summed E-state index contributed by atoms with van der Waals surface area (Å²) in [5.74, 6) is -1.59. The SMILES string of the molecule is COc1cc([N+](=O)[O-])ccc1NC(=O)[C@H](C)Sc1cc(F)ccc1F. The molecule has 1 atom stereocenters. The molecule has 9 heteroatoms. The first-order valence-electron chi connectivity index (χ1n) is 7.07. The lowest BCUT2D eigenvalue weighted by atomic mass is 10.2. The third kappa shape index (κ3) is 4.66. The second-order valence-electron chi connectivity index (χ2n) is 4.97.